The summed E-state index contributed by atoms with van der Waals surface area (Å²) in [6, 6.07) is 0.321. The quantitative estimate of drug-likeness (QED) is 0.623. The number of methoxy groups -OCH3 is 1. The van der Waals surface area contributed by atoms with Crippen LogP contribution in [-0.4, -0.2) is 46.2 Å². The first-order chi connectivity index (χ1) is 7.43. The molecule has 0 saturated carbocycles. The van der Waals surface area contributed by atoms with Crippen LogP contribution in [0.1, 0.15) is 27.2 Å². The molecule has 0 fully saturated rings. The van der Waals surface area contributed by atoms with E-state index in [4.69, 9.17) is 4.74 Å². The number of sulfone groups is 1. The van der Waals surface area contributed by atoms with Crippen molar-refractivity contribution < 1.29 is 13.2 Å². The molecule has 0 aliphatic rings. The van der Waals surface area contributed by atoms with Gasteiger partial charge in [-0.2, -0.15) is 0 Å². The van der Waals surface area contributed by atoms with Gasteiger partial charge in [-0.15, -0.1) is 0 Å². The highest BCUT2D eigenvalue weighted by Crippen LogP contribution is 2.09. The molecule has 0 aromatic heterocycles. The molecule has 0 spiro atoms. The number of hydrogen-bond acceptors (Lipinski definition) is 4. The zero-order valence-electron chi connectivity index (χ0n) is 10.8. The summed E-state index contributed by atoms with van der Waals surface area (Å²) < 4.78 is 27.6. The first kappa shape index (κ1) is 15.9. The molecule has 0 bridgehead atoms. The molecule has 0 saturated heterocycles. The van der Waals surface area contributed by atoms with Crippen LogP contribution < -0.4 is 5.32 Å². The third-order valence-corrected chi connectivity index (χ3v) is 4.69. The molecule has 0 aliphatic carbocycles. The van der Waals surface area contributed by atoms with Crippen molar-refractivity contribution in [3.63, 3.8) is 0 Å². The summed E-state index contributed by atoms with van der Waals surface area (Å²) >= 11 is 0. The van der Waals surface area contributed by atoms with E-state index in [1.807, 2.05) is 0 Å². The van der Waals surface area contributed by atoms with Crippen LogP contribution in [0.5, 0.6) is 0 Å². The molecule has 0 aromatic rings. The van der Waals surface area contributed by atoms with Crippen LogP contribution in [-0.2, 0) is 14.6 Å². The number of nitrogens with one attached hydrogen (secondary N) is 1. The lowest BCUT2D eigenvalue weighted by molar-refractivity contribution is 0.192. The maximum atomic E-state index is 11.3. The van der Waals surface area contributed by atoms with Gasteiger partial charge in [0, 0.05) is 25.4 Å². The molecule has 16 heavy (non-hydrogen) atoms. The molecule has 2 atom stereocenters. The Hall–Kier alpha value is -0.130. The van der Waals surface area contributed by atoms with Gasteiger partial charge in [0.2, 0.25) is 0 Å². The zero-order chi connectivity index (χ0) is 12.6. The molecule has 1 N–H and O–H groups in total. The summed E-state index contributed by atoms with van der Waals surface area (Å²) in [4.78, 5) is 0. The van der Waals surface area contributed by atoms with Gasteiger partial charge in [-0.25, -0.2) is 8.42 Å². The van der Waals surface area contributed by atoms with Crippen molar-refractivity contribution >= 4 is 9.84 Å². The van der Waals surface area contributed by atoms with Crippen LogP contribution >= 0.6 is 0 Å². The van der Waals surface area contributed by atoms with E-state index < -0.39 is 9.84 Å². The maximum Gasteiger partial charge on any atom is 0.150 e. The molecule has 2 unspecified atom stereocenters. The Labute approximate surface area is 99.7 Å². The molecule has 0 aliphatic heterocycles. The van der Waals surface area contributed by atoms with E-state index in [-0.39, 0.29) is 5.75 Å². The Morgan fingerprint density at radius 2 is 1.94 bits per heavy atom. The van der Waals surface area contributed by atoms with Gasteiger partial charge in [-0.3, -0.25) is 0 Å². The predicted molar refractivity (Wildman–Crippen MR) is 67.4 cm³/mol. The number of rotatable bonds is 9. The predicted octanol–water partition coefficient (Wildman–Crippen LogP) is 1.07. The van der Waals surface area contributed by atoms with Gasteiger partial charge in [0.15, 0.2) is 0 Å². The number of hydrogen-bond donors (Lipinski definition) is 1. The van der Waals surface area contributed by atoms with Crippen molar-refractivity contribution in [2.45, 2.75) is 33.2 Å². The van der Waals surface area contributed by atoms with E-state index in [1.54, 1.807) is 14.0 Å². The Morgan fingerprint density at radius 1 is 1.31 bits per heavy atom. The van der Waals surface area contributed by atoms with Crippen molar-refractivity contribution in [3.05, 3.63) is 0 Å². The van der Waals surface area contributed by atoms with Crippen molar-refractivity contribution in [3.8, 4) is 0 Å². The molecular weight excluding hydrogens is 226 g/mol. The number of ether oxygens (including phenoxy) is 1. The maximum absolute atomic E-state index is 11.3. The van der Waals surface area contributed by atoms with Gasteiger partial charge in [-0.05, 0) is 19.3 Å². The van der Waals surface area contributed by atoms with Crippen molar-refractivity contribution in [1.82, 2.24) is 5.32 Å². The minimum atomic E-state index is -2.83. The minimum Gasteiger partial charge on any atom is -0.383 e. The first-order valence-corrected chi connectivity index (χ1v) is 7.67. The second kappa shape index (κ2) is 8.03. The van der Waals surface area contributed by atoms with Gasteiger partial charge >= 0.3 is 0 Å². The van der Waals surface area contributed by atoms with Crippen LogP contribution in [0.4, 0.5) is 0 Å². The minimum absolute atomic E-state index is 0.241. The summed E-state index contributed by atoms with van der Waals surface area (Å²) in [5, 5.41) is 3.32. The van der Waals surface area contributed by atoms with E-state index in [9.17, 15) is 8.42 Å². The molecule has 0 aromatic carbocycles. The van der Waals surface area contributed by atoms with Crippen LogP contribution in [0.15, 0.2) is 0 Å². The summed E-state index contributed by atoms with van der Waals surface area (Å²) in [6.07, 6.45) is 0.720. The summed E-state index contributed by atoms with van der Waals surface area (Å²) in [6.45, 7) is 7.35. The molecule has 0 rings (SSSR count). The van der Waals surface area contributed by atoms with Crippen LogP contribution in [0, 0.1) is 5.92 Å². The van der Waals surface area contributed by atoms with Crippen LogP contribution in [0.2, 0.25) is 0 Å². The van der Waals surface area contributed by atoms with Crippen molar-refractivity contribution in [1.29, 1.82) is 0 Å². The third kappa shape index (κ3) is 7.19. The third-order valence-electron chi connectivity index (χ3n) is 2.95. The van der Waals surface area contributed by atoms with Crippen molar-refractivity contribution in [2.24, 2.45) is 5.92 Å². The Morgan fingerprint density at radius 3 is 2.44 bits per heavy atom. The van der Waals surface area contributed by atoms with E-state index in [1.165, 1.54) is 0 Å². The first-order valence-electron chi connectivity index (χ1n) is 5.85. The average molecular weight is 251 g/mol. The lowest BCUT2D eigenvalue weighted by atomic mass is 10.0. The van der Waals surface area contributed by atoms with E-state index in [0.29, 0.717) is 24.3 Å². The molecular formula is C11H25NO3S. The molecule has 5 heteroatoms. The fraction of sp³-hybridized carbons (Fsp3) is 1.00. The standard InChI is InChI=1S/C11H25NO3S/c1-5-16(13,14)9-6-10(2)11(3)12-7-8-15-4/h10-12H,5-9H2,1-4H3. The van der Waals surface area contributed by atoms with Crippen molar-refractivity contribution in [2.75, 3.05) is 31.8 Å². The molecule has 0 amide bonds. The largest absolute Gasteiger partial charge is 0.383 e. The highest BCUT2D eigenvalue weighted by molar-refractivity contribution is 7.91. The molecule has 4 nitrogen and oxygen atoms in total. The van der Waals surface area contributed by atoms with Crippen LogP contribution in [0.25, 0.3) is 0 Å². The Bertz CT molecular complexity index is 264. The normalized spacial score (nSPS) is 16.0. The smallest absolute Gasteiger partial charge is 0.150 e. The summed E-state index contributed by atoms with van der Waals surface area (Å²) in [5.41, 5.74) is 0. The van der Waals surface area contributed by atoms with E-state index in [2.05, 4.69) is 19.2 Å². The SMILES string of the molecule is CCS(=O)(=O)CCC(C)C(C)NCCOC. The Balaban J connectivity index is 3.83. The summed E-state index contributed by atoms with van der Waals surface area (Å²) in [7, 11) is -1.16. The Kier molecular flexibility index (Phi) is 7.97. The van der Waals surface area contributed by atoms with Gasteiger partial charge in [0.1, 0.15) is 9.84 Å². The monoisotopic (exact) mass is 251 g/mol. The zero-order valence-corrected chi connectivity index (χ0v) is 11.6. The van der Waals surface area contributed by atoms with E-state index in [0.717, 1.165) is 13.0 Å². The van der Waals surface area contributed by atoms with Gasteiger partial charge in [-0.1, -0.05) is 13.8 Å². The van der Waals surface area contributed by atoms with Crippen LogP contribution in [0.3, 0.4) is 0 Å². The fourth-order valence-electron chi connectivity index (χ4n) is 1.35. The average Bonchev–Trinajstić information content (AvgIpc) is 2.26. The molecule has 0 radical (unpaired) electrons. The highest BCUT2D eigenvalue weighted by Gasteiger charge is 2.15. The van der Waals surface area contributed by atoms with Gasteiger partial charge in [0.25, 0.3) is 0 Å². The van der Waals surface area contributed by atoms with Gasteiger partial charge in [0.05, 0.1) is 12.4 Å². The van der Waals surface area contributed by atoms with E-state index >= 15 is 0 Å². The summed E-state index contributed by atoms with van der Waals surface area (Å²) in [5.74, 6) is 0.893. The second-order valence-corrected chi connectivity index (χ2v) is 6.71. The second-order valence-electron chi connectivity index (χ2n) is 4.24. The molecule has 0 heterocycles. The fourth-order valence-corrected chi connectivity index (χ4v) is 2.37. The lowest BCUT2D eigenvalue weighted by Crippen LogP contribution is -2.35. The topological polar surface area (TPSA) is 55.4 Å². The van der Waals surface area contributed by atoms with Gasteiger partial charge < -0.3 is 10.1 Å². The highest BCUT2D eigenvalue weighted by atomic mass is 32.2. The molecule has 98 valence electrons. The lowest BCUT2D eigenvalue weighted by Gasteiger charge is -2.21.